The molecule has 0 radical (unpaired) electrons. The second-order valence-corrected chi connectivity index (χ2v) is 2.77. The van der Waals surface area contributed by atoms with Crippen LogP contribution in [-0.2, 0) is 0 Å². The number of carbonyl (C=O) groups is 1. The summed E-state index contributed by atoms with van der Waals surface area (Å²) in [5.41, 5.74) is 0.830. The summed E-state index contributed by atoms with van der Waals surface area (Å²) in [5.74, 6) is -0.149. The molecule has 0 aromatic carbocycles. The van der Waals surface area contributed by atoms with Gasteiger partial charge in [-0.1, -0.05) is 0 Å². The fraction of sp³-hybridized carbons (Fsp3) is 0.222. The van der Waals surface area contributed by atoms with E-state index in [4.69, 9.17) is 5.26 Å². The highest BCUT2D eigenvalue weighted by Gasteiger charge is 2.08. The number of nitriles is 1. The van der Waals surface area contributed by atoms with Crippen molar-refractivity contribution in [3.05, 3.63) is 29.6 Å². The topological polar surface area (TPSA) is 57.0 Å². The first kappa shape index (κ1) is 9.20. The number of nitrogens with zero attached hydrogens (tertiary/aromatic N) is 3. The Balaban J connectivity index is 3.04. The molecule has 0 aliphatic carbocycles. The van der Waals surface area contributed by atoms with Gasteiger partial charge in [0.05, 0.1) is 11.1 Å². The van der Waals surface area contributed by atoms with Crippen LogP contribution in [0.25, 0.3) is 0 Å². The van der Waals surface area contributed by atoms with Crippen molar-refractivity contribution in [3.8, 4) is 6.07 Å². The summed E-state index contributed by atoms with van der Waals surface area (Å²) in [7, 11) is 3.31. The zero-order valence-electron chi connectivity index (χ0n) is 7.48. The first-order valence-corrected chi connectivity index (χ1v) is 3.72. The molecule has 0 saturated carbocycles. The van der Waals surface area contributed by atoms with Gasteiger partial charge in [-0.05, 0) is 6.07 Å². The van der Waals surface area contributed by atoms with Gasteiger partial charge in [-0.15, -0.1) is 0 Å². The van der Waals surface area contributed by atoms with Gasteiger partial charge in [0.25, 0.3) is 5.91 Å². The minimum Gasteiger partial charge on any atom is -0.345 e. The molecule has 0 aliphatic rings. The Morgan fingerprint density at radius 2 is 2.23 bits per heavy atom. The summed E-state index contributed by atoms with van der Waals surface area (Å²) in [6.45, 7) is 0. The molecule has 13 heavy (non-hydrogen) atoms. The Morgan fingerprint density at radius 3 is 2.77 bits per heavy atom. The van der Waals surface area contributed by atoms with E-state index in [0.717, 1.165) is 0 Å². The Bertz CT molecular complexity index is 365. The molecule has 0 atom stereocenters. The molecule has 4 nitrogen and oxygen atoms in total. The quantitative estimate of drug-likeness (QED) is 0.629. The summed E-state index contributed by atoms with van der Waals surface area (Å²) >= 11 is 0. The van der Waals surface area contributed by atoms with E-state index >= 15 is 0 Å². The van der Waals surface area contributed by atoms with Crippen LogP contribution < -0.4 is 0 Å². The van der Waals surface area contributed by atoms with Crippen LogP contribution in [0.3, 0.4) is 0 Å². The summed E-state index contributed by atoms with van der Waals surface area (Å²) in [4.78, 5) is 16.6. The molecule has 66 valence electrons. The number of aromatic nitrogens is 1. The second-order valence-electron chi connectivity index (χ2n) is 2.77. The molecule has 0 saturated heterocycles. The SMILES string of the molecule is CN(C)C(=O)c1cncc(C#N)c1. The largest absolute Gasteiger partial charge is 0.345 e. The molecular weight excluding hydrogens is 166 g/mol. The monoisotopic (exact) mass is 175 g/mol. The molecule has 1 aromatic rings. The second kappa shape index (κ2) is 3.68. The minimum atomic E-state index is -0.149. The smallest absolute Gasteiger partial charge is 0.254 e. The zero-order valence-corrected chi connectivity index (χ0v) is 7.48. The van der Waals surface area contributed by atoms with E-state index in [1.165, 1.54) is 23.4 Å². The standard InChI is InChI=1S/C9H9N3O/c1-12(2)9(13)8-3-7(4-10)5-11-6-8/h3,5-6H,1-2H3. The van der Waals surface area contributed by atoms with E-state index in [1.807, 2.05) is 6.07 Å². The minimum absolute atomic E-state index is 0.149. The lowest BCUT2D eigenvalue weighted by Crippen LogP contribution is -2.21. The number of pyridine rings is 1. The van der Waals surface area contributed by atoms with Crippen LogP contribution >= 0.6 is 0 Å². The number of amides is 1. The van der Waals surface area contributed by atoms with Crippen molar-refractivity contribution in [2.45, 2.75) is 0 Å². The Kier molecular flexibility index (Phi) is 2.60. The van der Waals surface area contributed by atoms with E-state index in [2.05, 4.69) is 4.98 Å². The summed E-state index contributed by atoms with van der Waals surface area (Å²) in [5, 5.41) is 8.57. The first-order valence-electron chi connectivity index (χ1n) is 3.72. The summed E-state index contributed by atoms with van der Waals surface area (Å²) < 4.78 is 0. The predicted octanol–water partition coefficient (Wildman–Crippen LogP) is 0.655. The predicted molar refractivity (Wildman–Crippen MR) is 47.0 cm³/mol. The van der Waals surface area contributed by atoms with Crippen molar-refractivity contribution >= 4 is 5.91 Å². The van der Waals surface area contributed by atoms with E-state index in [1.54, 1.807) is 14.1 Å². The molecule has 0 fully saturated rings. The molecular formula is C9H9N3O. The Morgan fingerprint density at radius 1 is 1.54 bits per heavy atom. The van der Waals surface area contributed by atoms with Gasteiger partial charge in [-0.2, -0.15) is 5.26 Å². The summed E-state index contributed by atoms with van der Waals surface area (Å²) in [6, 6.07) is 3.45. The fourth-order valence-electron chi connectivity index (χ4n) is 0.876. The van der Waals surface area contributed by atoms with Crippen LogP contribution in [-0.4, -0.2) is 29.9 Å². The highest BCUT2D eigenvalue weighted by molar-refractivity contribution is 5.93. The van der Waals surface area contributed by atoms with Crippen molar-refractivity contribution < 1.29 is 4.79 Å². The van der Waals surface area contributed by atoms with Gasteiger partial charge in [0.1, 0.15) is 6.07 Å². The average Bonchev–Trinajstić information content (AvgIpc) is 2.16. The molecule has 1 heterocycles. The molecule has 0 aliphatic heterocycles. The van der Waals surface area contributed by atoms with Crippen LogP contribution in [0.1, 0.15) is 15.9 Å². The highest BCUT2D eigenvalue weighted by atomic mass is 16.2. The van der Waals surface area contributed by atoms with Gasteiger partial charge in [-0.3, -0.25) is 9.78 Å². The molecule has 1 aromatic heterocycles. The van der Waals surface area contributed by atoms with Gasteiger partial charge in [-0.25, -0.2) is 0 Å². The van der Waals surface area contributed by atoms with Gasteiger partial charge in [0.2, 0.25) is 0 Å². The number of hydrogen-bond acceptors (Lipinski definition) is 3. The average molecular weight is 175 g/mol. The molecule has 0 N–H and O–H groups in total. The molecule has 1 amide bonds. The number of carbonyl (C=O) groups excluding carboxylic acids is 1. The maximum atomic E-state index is 11.4. The number of rotatable bonds is 1. The van der Waals surface area contributed by atoms with E-state index in [0.29, 0.717) is 11.1 Å². The Hall–Kier alpha value is -1.89. The summed E-state index contributed by atoms with van der Waals surface area (Å²) in [6.07, 6.45) is 2.87. The van der Waals surface area contributed by atoms with Crippen LogP contribution in [0.2, 0.25) is 0 Å². The number of hydrogen-bond donors (Lipinski definition) is 0. The first-order chi connectivity index (χ1) is 6.15. The third-order valence-corrected chi connectivity index (χ3v) is 1.52. The Labute approximate surface area is 76.4 Å². The van der Waals surface area contributed by atoms with Crippen molar-refractivity contribution in [3.63, 3.8) is 0 Å². The lowest BCUT2D eigenvalue weighted by molar-refractivity contribution is 0.0827. The van der Waals surface area contributed by atoms with Crippen LogP contribution in [0.4, 0.5) is 0 Å². The third-order valence-electron chi connectivity index (χ3n) is 1.52. The highest BCUT2D eigenvalue weighted by Crippen LogP contribution is 2.03. The van der Waals surface area contributed by atoms with Crippen molar-refractivity contribution in [2.24, 2.45) is 0 Å². The van der Waals surface area contributed by atoms with Gasteiger partial charge >= 0.3 is 0 Å². The molecule has 0 bridgehead atoms. The zero-order chi connectivity index (χ0) is 9.84. The van der Waals surface area contributed by atoms with Gasteiger partial charge < -0.3 is 4.90 Å². The molecule has 0 spiro atoms. The van der Waals surface area contributed by atoms with Crippen LogP contribution in [0.5, 0.6) is 0 Å². The molecule has 4 heteroatoms. The van der Waals surface area contributed by atoms with Gasteiger partial charge in [0, 0.05) is 26.5 Å². The van der Waals surface area contributed by atoms with Crippen LogP contribution in [0.15, 0.2) is 18.5 Å². The van der Waals surface area contributed by atoms with E-state index in [9.17, 15) is 4.79 Å². The normalized spacial score (nSPS) is 9.00. The maximum Gasteiger partial charge on any atom is 0.254 e. The van der Waals surface area contributed by atoms with Gasteiger partial charge in [0.15, 0.2) is 0 Å². The van der Waals surface area contributed by atoms with E-state index < -0.39 is 0 Å². The van der Waals surface area contributed by atoms with Crippen molar-refractivity contribution in [1.82, 2.24) is 9.88 Å². The molecule has 1 rings (SSSR count). The van der Waals surface area contributed by atoms with Crippen molar-refractivity contribution in [2.75, 3.05) is 14.1 Å². The molecule has 0 unspecified atom stereocenters. The lowest BCUT2D eigenvalue weighted by atomic mass is 10.2. The fourth-order valence-corrected chi connectivity index (χ4v) is 0.876. The van der Waals surface area contributed by atoms with Crippen molar-refractivity contribution in [1.29, 1.82) is 5.26 Å². The third kappa shape index (κ3) is 2.03. The van der Waals surface area contributed by atoms with Crippen LogP contribution in [0, 0.1) is 11.3 Å². The maximum absolute atomic E-state index is 11.4. The lowest BCUT2D eigenvalue weighted by Gasteiger charge is -2.09. The van der Waals surface area contributed by atoms with E-state index in [-0.39, 0.29) is 5.91 Å².